The van der Waals surface area contributed by atoms with E-state index < -0.39 is 15.8 Å². The fourth-order valence-corrected chi connectivity index (χ4v) is 4.58. The Morgan fingerprint density at radius 1 is 0.806 bits per heavy atom. The van der Waals surface area contributed by atoms with E-state index in [9.17, 15) is 17.6 Å². The Balaban J connectivity index is 1.41. The van der Waals surface area contributed by atoms with E-state index in [0.717, 1.165) is 18.8 Å². The van der Waals surface area contributed by atoms with Crippen LogP contribution in [-0.4, -0.2) is 45.4 Å². The molecule has 160 valence electrons. The van der Waals surface area contributed by atoms with Crippen LogP contribution >= 0.6 is 0 Å². The number of halogens is 1. The number of nitrogens with zero attached hydrogens (tertiary/aromatic N) is 2. The number of amides is 1. The zero-order chi connectivity index (χ0) is 21.8. The summed E-state index contributed by atoms with van der Waals surface area (Å²) in [7, 11) is -3.96. The van der Waals surface area contributed by atoms with Crippen molar-refractivity contribution >= 4 is 27.3 Å². The summed E-state index contributed by atoms with van der Waals surface area (Å²) in [5.41, 5.74) is 1.42. The third-order valence-electron chi connectivity index (χ3n) is 5.22. The molecule has 1 fully saturated rings. The number of piperazine rings is 1. The fraction of sp³-hybridized carbons (Fsp3) is 0.174. The molecule has 3 aromatic carbocycles. The van der Waals surface area contributed by atoms with Crippen LogP contribution in [0.3, 0.4) is 0 Å². The van der Waals surface area contributed by atoms with Crippen LogP contribution in [0.5, 0.6) is 0 Å². The van der Waals surface area contributed by atoms with Gasteiger partial charge in [0.05, 0.1) is 10.6 Å². The molecule has 0 saturated carbocycles. The maximum Gasteiger partial charge on any atom is 0.261 e. The quantitative estimate of drug-likeness (QED) is 0.660. The monoisotopic (exact) mass is 439 g/mol. The second-order valence-electron chi connectivity index (χ2n) is 7.22. The van der Waals surface area contributed by atoms with E-state index in [-0.39, 0.29) is 16.5 Å². The highest BCUT2D eigenvalue weighted by Gasteiger charge is 2.23. The van der Waals surface area contributed by atoms with E-state index in [1.807, 2.05) is 30.3 Å². The highest BCUT2D eigenvalue weighted by molar-refractivity contribution is 7.92. The lowest BCUT2D eigenvalue weighted by Gasteiger charge is -2.36. The summed E-state index contributed by atoms with van der Waals surface area (Å²) < 4.78 is 41.1. The predicted molar refractivity (Wildman–Crippen MR) is 118 cm³/mol. The minimum absolute atomic E-state index is 0.0406. The molecule has 3 aromatic rings. The van der Waals surface area contributed by atoms with Crippen LogP contribution in [0.15, 0.2) is 83.8 Å². The van der Waals surface area contributed by atoms with Gasteiger partial charge in [-0.05, 0) is 48.5 Å². The molecule has 0 atom stereocenters. The molecular formula is C23H22FN3O3S. The minimum Gasteiger partial charge on any atom is -0.368 e. The van der Waals surface area contributed by atoms with Crippen LogP contribution in [-0.2, 0) is 10.0 Å². The number of para-hydroxylation sites is 2. The average molecular weight is 440 g/mol. The van der Waals surface area contributed by atoms with Gasteiger partial charge >= 0.3 is 0 Å². The third-order valence-corrected chi connectivity index (χ3v) is 6.60. The molecule has 6 nitrogen and oxygen atoms in total. The first kappa shape index (κ1) is 20.9. The van der Waals surface area contributed by atoms with Crippen LogP contribution in [0.4, 0.5) is 15.8 Å². The summed E-state index contributed by atoms with van der Waals surface area (Å²) in [6, 6.07) is 21.3. The number of benzene rings is 3. The highest BCUT2D eigenvalue weighted by Crippen LogP contribution is 2.20. The van der Waals surface area contributed by atoms with E-state index >= 15 is 0 Å². The van der Waals surface area contributed by atoms with Gasteiger partial charge in [0, 0.05) is 37.4 Å². The molecule has 4 rings (SSSR count). The number of hydrogen-bond acceptors (Lipinski definition) is 4. The van der Waals surface area contributed by atoms with Crippen molar-refractivity contribution in [3.05, 3.63) is 90.2 Å². The van der Waals surface area contributed by atoms with E-state index in [1.54, 1.807) is 11.0 Å². The number of anilines is 2. The average Bonchev–Trinajstić information content (AvgIpc) is 2.81. The number of carbonyl (C=O) groups excluding carboxylic acids is 1. The van der Waals surface area contributed by atoms with Crippen molar-refractivity contribution in [2.75, 3.05) is 35.8 Å². The van der Waals surface area contributed by atoms with Crippen molar-refractivity contribution in [1.29, 1.82) is 0 Å². The molecule has 0 bridgehead atoms. The van der Waals surface area contributed by atoms with Crippen molar-refractivity contribution in [3.8, 4) is 0 Å². The van der Waals surface area contributed by atoms with Gasteiger partial charge in [0.25, 0.3) is 15.9 Å². The van der Waals surface area contributed by atoms with Crippen LogP contribution < -0.4 is 9.62 Å². The number of carbonyl (C=O) groups is 1. The first-order valence-corrected chi connectivity index (χ1v) is 11.4. The largest absolute Gasteiger partial charge is 0.368 e. The smallest absolute Gasteiger partial charge is 0.261 e. The van der Waals surface area contributed by atoms with Crippen LogP contribution in [0.1, 0.15) is 10.4 Å². The molecule has 8 heteroatoms. The van der Waals surface area contributed by atoms with Gasteiger partial charge in [0.1, 0.15) is 5.82 Å². The SMILES string of the molecule is O=C(c1ccc(S(=O)(=O)Nc2ccccc2F)cc1)N1CCN(c2ccccc2)CC1. The molecule has 31 heavy (non-hydrogen) atoms. The number of rotatable bonds is 5. The fourth-order valence-electron chi connectivity index (χ4n) is 3.51. The van der Waals surface area contributed by atoms with E-state index in [2.05, 4.69) is 9.62 Å². The Morgan fingerprint density at radius 2 is 1.42 bits per heavy atom. The molecule has 0 spiro atoms. The molecule has 1 N–H and O–H groups in total. The summed E-state index contributed by atoms with van der Waals surface area (Å²) in [6.45, 7) is 2.63. The van der Waals surface area contributed by atoms with Crippen molar-refractivity contribution < 1.29 is 17.6 Å². The van der Waals surface area contributed by atoms with Gasteiger partial charge in [-0.1, -0.05) is 30.3 Å². The lowest BCUT2D eigenvalue weighted by Crippen LogP contribution is -2.48. The standard InChI is InChI=1S/C23H22FN3O3S/c24-21-8-4-5-9-22(21)25-31(29,30)20-12-10-18(11-13-20)23(28)27-16-14-26(15-17-27)19-6-2-1-3-7-19/h1-13,25H,14-17H2. The molecular weight excluding hydrogens is 417 g/mol. The maximum atomic E-state index is 13.8. The minimum atomic E-state index is -3.96. The number of sulfonamides is 1. The second kappa shape index (κ2) is 8.77. The molecule has 1 amide bonds. The lowest BCUT2D eigenvalue weighted by molar-refractivity contribution is 0.0746. The van der Waals surface area contributed by atoms with Gasteiger partial charge in [-0.2, -0.15) is 0 Å². The lowest BCUT2D eigenvalue weighted by atomic mass is 10.1. The Bertz CT molecular complexity index is 1160. The first-order chi connectivity index (χ1) is 14.9. The van der Waals surface area contributed by atoms with Gasteiger partial charge in [-0.3, -0.25) is 9.52 Å². The van der Waals surface area contributed by atoms with Crippen molar-refractivity contribution in [2.45, 2.75) is 4.90 Å². The number of hydrogen-bond donors (Lipinski definition) is 1. The van der Waals surface area contributed by atoms with Crippen LogP contribution in [0.25, 0.3) is 0 Å². The van der Waals surface area contributed by atoms with Crippen molar-refractivity contribution in [3.63, 3.8) is 0 Å². The Labute approximate surface area is 181 Å². The molecule has 1 aliphatic heterocycles. The highest BCUT2D eigenvalue weighted by atomic mass is 32.2. The van der Waals surface area contributed by atoms with E-state index in [0.29, 0.717) is 18.7 Å². The second-order valence-corrected chi connectivity index (χ2v) is 8.91. The third kappa shape index (κ3) is 4.69. The molecule has 1 aliphatic rings. The van der Waals surface area contributed by atoms with Crippen molar-refractivity contribution in [1.82, 2.24) is 4.90 Å². The number of nitrogens with one attached hydrogen (secondary N) is 1. The molecule has 0 unspecified atom stereocenters. The van der Waals surface area contributed by atoms with E-state index in [4.69, 9.17) is 0 Å². The molecule has 0 radical (unpaired) electrons. The molecule has 0 aromatic heterocycles. The van der Waals surface area contributed by atoms with Crippen molar-refractivity contribution in [2.24, 2.45) is 0 Å². The van der Waals surface area contributed by atoms with Crippen LogP contribution in [0.2, 0.25) is 0 Å². The maximum absolute atomic E-state index is 13.8. The normalized spacial score (nSPS) is 14.4. The van der Waals surface area contributed by atoms with Gasteiger partial charge in [-0.25, -0.2) is 12.8 Å². The molecule has 0 aliphatic carbocycles. The molecule has 1 heterocycles. The topological polar surface area (TPSA) is 69.7 Å². The van der Waals surface area contributed by atoms with Gasteiger partial charge < -0.3 is 9.80 Å². The summed E-state index contributed by atoms with van der Waals surface area (Å²) >= 11 is 0. The Morgan fingerprint density at radius 3 is 2.06 bits per heavy atom. The zero-order valence-electron chi connectivity index (χ0n) is 16.7. The van der Waals surface area contributed by atoms with Gasteiger partial charge in [-0.15, -0.1) is 0 Å². The summed E-state index contributed by atoms with van der Waals surface area (Å²) in [6.07, 6.45) is 0. The summed E-state index contributed by atoms with van der Waals surface area (Å²) in [5, 5.41) is 0. The summed E-state index contributed by atoms with van der Waals surface area (Å²) in [4.78, 5) is 16.8. The zero-order valence-corrected chi connectivity index (χ0v) is 17.6. The van der Waals surface area contributed by atoms with Gasteiger partial charge in [0.15, 0.2) is 0 Å². The van der Waals surface area contributed by atoms with Crippen LogP contribution in [0, 0.1) is 5.82 Å². The Kier molecular flexibility index (Phi) is 5.90. The summed E-state index contributed by atoms with van der Waals surface area (Å²) in [5.74, 6) is -0.800. The first-order valence-electron chi connectivity index (χ1n) is 9.91. The predicted octanol–water partition coefficient (Wildman–Crippen LogP) is 3.59. The molecule has 1 saturated heterocycles. The van der Waals surface area contributed by atoms with Gasteiger partial charge in [0.2, 0.25) is 0 Å². The van der Waals surface area contributed by atoms with E-state index in [1.165, 1.54) is 42.5 Å². The Hall–Kier alpha value is -3.39.